The minimum absolute atomic E-state index is 0.0479. The Morgan fingerprint density at radius 3 is 2.25 bits per heavy atom. The minimum Gasteiger partial charge on any atom is -0.299 e. The van der Waals surface area contributed by atoms with Crippen LogP contribution < -0.4 is 10.6 Å². The smallest absolute Gasteiger partial charge is 0.0844 e. The summed E-state index contributed by atoms with van der Waals surface area (Å²) in [6, 6.07) is 0. The van der Waals surface area contributed by atoms with Crippen LogP contribution in [0.4, 0.5) is 0 Å². The van der Waals surface area contributed by atoms with Crippen LogP contribution in [0.1, 0.15) is 33.1 Å². The Hall–Kier alpha value is -0.340. The molecule has 0 aromatic carbocycles. The van der Waals surface area contributed by atoms with Crippen LogP contribution in [0.2, 0.25) is 0 Å². The zero-order valence-corrected chi connectivity index (χ0v) is 8.78. The van der Waals surface area contributed by atoms with E-state index >= 15 is 0 Å². The molecule has 0 heterocycles. The number of rotatable bonds is 6. The lowest BCUT2D eigenvalue weighted by Crippen LogP contribution is -2.49. The fraction of sp³-hybridized carbons (Fsp3) is 0.800. The molecule has 0 unspecified atom stereocenters. The van der Waals surface area contributed by atoms with Crippen LogP contribution in [0.15, 0.2) is 12.2 Å². The van der Waals surface area contributed by atoms with E-state index in [0.29, 0.717) is 0 Å². The molecule has 0 saturated heterocycles. The van der Waals surface area contributed by atoms with Crippen LogP contribution in [0.25, 0.3) is 0 Å². The lowest BCUT2D eigenvalue weighted by Gasteiger charge is -2.24. The molecule has 0 spiro atoms. The van der Waals surface area contributed by atoms with Gasteiger partial charge in [-0.2, -0.15) is 0 Å². The van der Waals surface area contributed by atoms with Crippen molar-refractivity contribution in [1.29, 1.82) is 0 Å². The van der Waals surface area contributed by atoms with Gasteiger partial charge in [0.05, 0.1) is 5.66 Å². The first-order valence-electron chi connectivity index (χ1n) is 4.74. The summed E-state index contributed by atoms with van der Waals surface area (Å²) in [5, 5.41) is 6.41. The Morgan fingerprint density at radius 2 is 1.83 bits per heavy atom. The number of likely N-dealkylation sites (N-methyl/N-ethyl adjacent to an activating group) is 2. The highest BCUT2D eigenvalue weighted by Gasteiger charge is 2.12. The van der Waals surface area contributed by atoms with Crippen LogP contribution in [0.3, 0.4) is 0 Å². The molecular weight excluding hydrogens is 148 g/mol. The highest BCUT2D eigenvalue weighted by Crippen LogP contribution is 2.02. The van der Waals surface area contributed by atoms with Crippen molar-refractivity contribution in [2.24, 2.45) is 0 Å². The largest absolute Gasteiger partial charge is 0.299 e. The quantitative estimate of drug-likeness (QED) is 0.361. The lowest BCUT2D eigenvalue weighted by atomic mass is 10.1. The van der Waals surface area contributed by atoms with Gasteiger partial charge in [-0.1, -0.05) is 31.9 Å². The molecule has 0 aromatic heterocycles. The van der Waals surface area contributed by atoms with Gasteiger partial charge in [0.25, 0.3) is 0 Å². The fourth-order valence-electron chi connectivity index (χ4n) is 0.933. The van der Waals surface area contributed by atoms with Crippen molar-refractivity contribution in [1.82, 2.24) is 10.6 Å². The third-order valence-electron chi connectivity index (χ3n) is 2.21. The average Bonchev–Trinajstić information content (AvgIpc) is 2.12. The van der Waals surface area contributed by atoms with E-state index in [1.807, 2.05) is 14.1 Å². The van der Waals surface area contributed by atoms with Gasteiger partial charge in [-0.05, 0) is 27.4 Å². The number of nitrogens with one attached hydrogen (secondary N) is 2. The molecule has 0 radical (unpaired) electrons. The number of unbranched alkanes of at least 4 members (excludes halogenated alkanes) is 2. The van der Waals surface area contributed by atoms with Crippen LogP contribution in [-0.2, 0) is 0 Å². The van der Waals surface area contributed by atoms with Crippen LogP contribution in [-0.4, -0.2) is 19.8 Å². The molecule has 0 amide bonds. The first-order chi connectivity index (χ1) is 5.68. The number of allylic oxidation sites excluding steroid dienone is 1. The Kier molecular flexibility index (Phi) is 6.03. The Balaban J connectivity index is 3.76. The summed E-state index contributed by atoms with van der Waals surface area (Å²) in [6.07, 6.45) is 8.13. The summed E-state index contributed by atoms with van der Waals surface area (Å²) >= 11 is 0. The van der Waals surface area contributed by atoms with Gasteiger partial charge in [-0.15, -0.1) is 0 Å². The summed E-state index contributed by atoms with van der Waals surface area (Å²) in [6.45, 7) is 4.33. The van der Waals surface area contributed by atoms with Gasteiger partial charge >= 0.3 is 0 Å². The summed E-state index contributed by atoms with van der Waals surface area (Å²) in [7, 11) is 3.92. The fourth-order valence-corrected chi connectivity index (χ4v) is 0.933. The second-order valence-corrected chi connectivity index (χ2v) is 3.25. The van der Waals surface area contributed by atoms with Gasteiger partial charge in [0.2, 0.25) is 0 Å². The first kappa shape index (κ1) is 11.7. The van der Waals surface area contributed by atoms with E-state index in [0.717, 1.165) is 0 Å². The molecule has 2 nitrogen and oxygen atoms in total. The normalized spacial score (nSPS) is 12.7. The predicted molar refractivity (Wildman–Crippen MR) is 55.2 cm³/mol. The monoisotopic (exact) mass is 170 g/mol. The molecule has 0 saturated carbocycles. The van der Waals surface area contributed by atoms with Crippen molar-refractivity contribution in [2.45, 2.75) is 38.8 Å². The molecule has 0 fully saturated rings. The van der Waals surface area contributed by atoms with E-state index in [1.165, 1.54) is 19.3 Å². The molecule has 72 valence electrons. The molecule has 0 aliphatic carbocycles. The minimum atomic E-state index is -0.0479. The molecule has 0 rings (SSSR count). The third kappa shape index (κ3) is 4.52. The van der Waals surface area contributed by atoms with Crippen molar-refractivity contribution in [3.05, 3.63) is 12.2 Å². The average molecular weight is 170 g/mol. The molecule has 12 heavy (non-hydrogen) atoms. The molecule has 2 heteroatoms. The SMILES string of the molecule is CCCC/C=C/C(C)(NC)NC. The summed E-state index contributed by atoms with van der Waals surface area (Å²) in [5.41, 5.74) is -0.0479. The van der Waals surface area contributed by atoms with Crippen molar-refractivity contribution >= 4 is 0 Å². The van der Waals surface area contributed by atoms with E-state index in [-0.39, 0.29) is 5.66 Å². The molecule has 0 aliphatic rings. The van der Waals surface area contributed by atoms with Crippen molar-refractivity contribution in [3.63, 3.8) is 0 Å². The molecule has 0 aromatic rings. The topological polar surface area (TPSA) is 24.1 Å². The summed E-state index contributed by atoms with van der Waals surface area (Å²) < 4.78 is 0. The Bertz CT molecular complexity index is 126. The van der Waals surface area contributed by atoms with Crippen LogP contribution in [0, 0.1) is 0 Å². The Morgan fingerprint density at radius 1 is 1.25 bits per heavy atom. The third-order valence-corrected chi connectivity index (χ3v) is 2.21. The second-order valence-electron chi connectivity index (χ2n) is 3.25. The Labute approximate surface area is 76.4 Å². The summed E-state index contributed by atoms with van der Waals surface area (Å²) in [5.74, 6) is 0. The predicted octanol–water partition coefficient (Wildman–Crippen LogP) is 1.89. The van der Waals surface area contributed by atoms with Gasteiger partial charge in [0, 0.05) is 0 Å². The van der Waals surface area contributed by atoms with Crippen molar-refractivity contribution < 1.29 is 0 Å². The molecule has 2 N–H and O–H groups in total. The van der Waals surface area contributed by atoms with Crippen molar-refractivity contribution in [3.8, 4) is 0 Å². The molecule has 0 aliphatic heterocycles. The standard InChI is InChI=1S/C10H22N2/c1-5-6-7-8-9-10(2,11-3)12-4/h8-9,11-12H,5-7H2,1-4H3/b9-8+. The first-order valence-corrected chi connectivity index (χ1v) is 4.74. The highest BCUT2D eigenvalue weighted by atomic mass is 15.1. The second kappa shape index (κ2) is 6.21. The zero-order chi connectivity index (χ0) is 9.45. The summed E-state index contributed by atoms with van der Waals surface area (Å²) in [4.78, 5) is 0. The molecule has 0 bridgehead atoms. The number of hydrogen-bond donors (Lipinski definition) is 2. The van der Waals surface area contributed by atoms with E-state index < -0.39 is 0 Å². The zero-order valence-electron chi connectivity index (χ0n) is 8.78. The van der Waals surface area contributed by atoms with Gasteiger partial charge in [-0.25, -0.2) is 0 Å². The van der Waals surface area contributed by atoms with Gasteiger partial charge in [0.1, 0.15) is 0 Å². The van der Waals surface area contributed by atoms with E-state index in [4.69, 9.17) is 0 Å². The van der Waals surface area contributed by atoms with E-state index in [2.05, 4.69) is 36.6 Å². The maximum absolute atomic E-state index is 3.21. The highest BCUT2D eigenvalue weighted by molar-refractivity contribution is 5.00. The van der Waals surface area contributed by atoms with Gasteiger partial charge in [-0.3, -0.25) is 10.6 Å². The van der Waals surface area contributed by atoms with Crippen LogP contribution >= 0.6 is 0 Å². The van der Waals surface area contributed by atoms with Crippen molar-refractivity contribution in [2.75, 3.05) is 14.1 Å². The van der Waals surface area contributed by atoms with Gasteiger partial charge < -0.3 is 0 Å². The lowest BCUT2D eigenvalue weighted by molar-refractivity contribution is 0.412. The van der Waals surface area contributed by atoms with E-state index in [1.54, 1.807) is 0 Å². The maximum atomic E-state index is 3.21. The molecular formula is C10H22N2. The van der Waals surface area contributed by atoms with Gasteiger partial charge in [0.15, 0.2) is 0 Å². The van der Waals surface area contributed by atoms with E-state index in [9.17, 15) is 0 Å². The number of hydrogen-bond acceptors (Lipinski definition) is 2. The van der Waals surface area contributed by atoms with Crippen LogP contribution in [0.5, 0.6) is 0 Å². The molecule has 0 atom stereocenters. The maximum Gasteiger partial charge on any atom is 0.0844 e.